The van der Waals surface area contributed by atoms with E-state index in [1.165, 1.54) is 18.5 Å². The van der Waals surface area contributed by atoms with Gasteiger partial charge in [0.15, 0.2) is 0 Å². The molecule has 7 nitrogen and oxygen atoms in total. The molecule has 0 saturated heterocycles. The van der Waals surface area contributed by atoms with Gasteiger partial charge in [-0.15, -0.1) is 0 Å². The second-order valence-corrected chi connectivity index (χ2v) is 7.96. The molecule has 1 aromatic carbocycles. The monoisotopic (exact) mass is 387 g/mol. The van der Waals surface area contributed by atoms with Gasteiger partial charge in [-0.3, -0.25) is 4.79 Å². The van der Waals surface area contributed by atoms with Crippen LogP contribution >= 0.6 is 0 Å². The van der Waals surface area contributed by atoms with Crippen LogP contribution in [-0.2, 0) is 30.7 Å². The smallest absolute Gasteiger partial charge is 0.214 e. The van der Waals surface area contributed by atoms with Crippen LogP contribution in [0.2, 0.25) is 0 Å². The number of methoxy groups -OCH3 is 3. The van der Waals surface area contributed by atoms with Crippen LogP contribution < -0.4 is 4.74 Å². The molecular formula is C18H29NO6S. The molecule has 0 aromatic heterocycles. The van der Waals surface area contributed by atoms with Crippen LogP contribution in [0.4, 0.5) is 0 Å². The highest BCUT2D eigenvalue weighted by molar-refractivity contribution is 7.89. The maximum absolute atomic E-state index is 12.4. The normalized spacial score (nSPS) is 11.7. The van der Waals surface area contributed by atoms with Gasteiger partial charge in [-0.1, -0.05) is 12.1 Å². The second kappa shape index (κ2) is 12.0. The van der Waals surface area contributed by atoms with Gasteiger partial charge in [-0.2, -0.15) is 4.31 Å². The van der Waals surface area contributed by atoms with E-state index in [-0.39, 0.29) is 31.0 Å². The fraction of sp³-hybridized carbons (Fsp3) is 0.611. The molecule has 0 amide bonds. The van der Waals surface area contributed by atoms with Gasteiger partial charge in [0.1, 0.15) is 11.5 Å². The third-order valence-electron chi connectivity index (χ3n) is 3.90. The first kappa shape index (κ1) is 22.6. The zero-order valence-corrected chi connectivity index (χ0v) is 16.6. The summed E-state index contributed by atoms with van der Waals surface area (Å²) in [4.78, 5) is 12.1. The van der Waals surface area contributed by atoms with E-state index in [1.807, 2.05) is 12.1 Å². The molecule has 1 aromatic rings. The van der Waals surface area contributed by atoms with E-state index in [4.69, 9.17) is 14.2 Å². The molecule has 26 heavy (non-hydrogen) atoms. The molecular weight excluding hydrogens is 358 g/mol. The Morgan fingerprint density at radius 2 is 1.58 bits per heavy atom. The summed E-state index contributed by atoms with van der Waals surface area (Å²) in [6.07, 6.45) is 0.822. The van der Waals surface area contributed by atoms with Crippen LogP contribution in [0, 0.1) is 0 Å². The molecule has 0 radical (unpaired) electrons. The maximum atomic E-state index is 12.4. The average Bonchev–Trinajstić information content (AvgIpc) is 2.62. The second-order valence-electron chi connectivity index (χ2n) is 5.87. The van der Waals surface area contributed by atoms with Crippen LogP contribution in [0.25, 0.3) is 0 Å². The standard InChI is InChI=1S/C18H29NO6S/c1-23-12-10-19(11-13-24-2)26(21,22)14-4-5-17(20)15-16-6-8-18(25-3)9-7-16/h6-9H,4-5,10-15H2,1-3H3. The Labute approximate surface area is 156 Å². The number of ether oxygens (including phenoxy) is 3. The molecule has 0 saturated carbocycles. The molecule has 0 atom stereocenters. The molecule has 0 heterocycles. The molecule has 0 bridgehead atoms. The lowest BCUT2D eigenvalue weighted by atomic mass is 10.1. The van der Waals surface area contributed by atoms with Gasteiger partial charge >= 0.3 is 0 Å². The Hall–Kier alpha value is -1.48. The van der Waals surface area contributed by atoms with Crippen LogP contribution in [0.1, 0.15) is 18.4 Å². The summed E-state index contributed by atoms with van der Waals surface area (Å²) in [5.74, 6) is 0.694. The number of benzene rings is 1. The van der Waals surface area contributed by atoms with Gasteiger partial charge in [0.25, 0.3) is 0 Å². The fourth-order valence-corrected chi connectivity index (χ4v) is 3.89. The van der Waals surface area contributed by atoms with Crippen molar-refractivity contribution in [3.8, 4) is 5.75 Å². The topological polar surface area (TPSA) is 82.1 Å². The number of hydrogen-bond acceptors (Lipinski definition) is 6. The molecule has 0 fully saturated rings. The van der Waals surface area contributed by atoms with Crippen molar-refractivity contribution < 1.29 is 27.4 Å². The predicted octanol–water partition coefficient (Wildman–Crippen LogP) is 1.51. The Kier molecular flexibility index (Phi) is 10.4. The molecule has 0 unspecified atom stereocenters. The van der Waals surface area contributed by atoms with Crippen LogP contribution in [0.3, 0.4) is 0 Å². The summed E-state index contributed by atoms with van der Waals surface area (Å²) in [7, 11) is 1.20. The van der Waals surface area contributed by atoms with Gasteiger partial charge in [0, 0.05) is 40.2 Å². The molecule has 0 N–H and O–H groups in total. The van der Waals surface area contributed by atoms with Crippen molar-refractivity contribution in [2.75, 3.05) is 53.4 Å². The first-order valence-corrected chi connectivity index (χ1v) is 10.1. The van der Waals surface area contributed by atoms with Gasteiger partial charge in [-0.05, 0) is 24.1 Å². The van der Waals surface area contributed by atoms with Gasteiger partial charge in [0.05, 0.1) is 26.1 Å². The number of rotatable bonds is 14. The summed E-state index contributed by atoms with van der Waals surface area (Å²) in [5.41, 5.74) is 0.889. The molecule has 0 spiro atoms. The van der Waals surface area contributed by atoms with Crippen molar-refractivity contribution >= 4 is 15.8 Å². The number of hydrogen-bond donors (Lipinski definition) is 0. The number of carbonyl (C=O) groups excluding carboxylic acids is 1. The molecule has 0 aliphatic heterocycles. The summed E-state index contributed by atoms with van der Waals surface area (Å²) in [6.45, 7) is 1.20. The third-order valence-corrected chi connectivity index (χ3v) is 5.86. The third kappa shape index (κ3) is 8.27. The lowest BCUT2D eigenvalue weighted by molar-refractivity contribution is -0.118. The van der Waals surface area contributed by atoms with Crippen LogP contribution in [-0.4, -0.2) is 71.9 Å². The van der Waals surface area contributed by atoms with E-state index in [9.17, 15) is 13.2 Å². The molecule has 148 valence electrons. The first-order valence-electron chi connectivity index (χ1n) is 8.53. The van der Waals surface area contributed by atoms with Gasteiger partial charge in [0.2, 0.25) is 10.0 Å². The van der Waals surface area contributed by atoms with E-state index >= 15 is 0 Å². The molecule has 0 aliphatic rings. The van der Waals surface area contributed by atoms with Crippen molar-refractivity contribution in [3.63, 3.8) is 0 Å². The van der Waals surface area contributed by atoms with Crippen molar-refractivity contribution in [2.45, 2.75) is 19.3 Å². The molecule has 0 aliphatic carbocycles. The maximum Gasteiger partial charge on any atom is 0.214 e. The minimum Gasteiger partial charge on any atom is -0.497 e. The summed E-state index contributed by atoms with van der Waals surface area (Å²) >= 11 is 0. The largest absolute Gasteiger partial charge is 0.497 e. The van der Waals surface area contributed by atoms with Gasteiger partial charge in [-0.25, -0.2) is 8.42 Å². The van der Waals surface area contributed by atoms with E-state index < -0.39 is 10.0 Å². The highest BCUT2D eigenvalue weighted by Crippen LogP contribution is 2.13. The highest BCUT2D eigenvalue weighted by Gasteiger charge is 2.21. The Morgan fingerprint density at radius 3 is 2.08 bits per heavy atom. The lowest BCUT2D eigenvalue weighted by Crippen LogP contribution is -2.38. The zero-order valence-electron chi connectivity index (χ0n) is 15.8. The van der Waals surface area contributed by atoms with Crippen molar-refractivity contribution in [2.24, 2.45) is 0 Å². The average molecular weight is 387 g/mol. The quantitative estimate of drug-likeness (QED) is 0.481. The van der Waals surface area contributed by atoms with Gasteiger partial charge < -0.3 is 14.2 Å². The zero-order chi connectivity index (χ0) is 19.4. The van der Waals surface area contributed by atoms with Crippen molar-refractivity contribution in [1.82, 2.24) is 4.31 Å². The summed E-state index contributed by atoms with van der Waals surface area (Å²) < 4.78 is 41.2. The number of carbonyl (C=O) groups is 1. The minimum absolute atomic E-state index is 0.0192. The number of Topliss-reactive ketones (excluding diaryl/α,β-unsaturated/α-hetero) is 1. The fourth-order valence-electron chi connectivity index (χ4n) is 2.42. The number of nitrogens with zero attached hydrogens (tertiary/aromatic N) is 1. The number of sulfonamides is 1. The highest BCUT2D eigenvalue weighted by atomic mass is 32.2. The molecule has 8 heteroatoms. The Bertz CT molecular complexity index is 622. The Balaban J connectivity index is 2.47. The summed E-state index contributed by atoms with van der Waals surface area (Å²) in [6, 6.07) is 7.28. The van der Waals surface area contributed by atoms with E-state index in [0.717, 1.165) is 11.3 Å². The van der Waals surface area contributed by atoms with Crippen LogP contribution in [0.5, 0.6) is 5.75 Å². The molecule has 1 rings (SSSR count). The van der Waals surface area contributed by atoms with Crippen LogP contribution in [0.15, 0.2) is 24.3 Å². The Morgan fingerprint density at radius 1 is 1.00 bits per heavy atom. The van der Waals surface area contributed by atoms with E-state index in [2.05, 4.69) is 0 Å². The minimum atomic E-state index is -3.44. The van der Waals surface area contributed by atoms with E-state index in [0.29, 0.717) is 26.1 Å². The first-order chi connectivity index (χ1) is 12.4. The summed E-state index contributed by atoms with van der Waals surface area (Å²) in [5, 5.41) is 0. The predicted molar refractivity (Wildman–Crippen MR) is 100 cm³/mol. The van der Waals surface area contributed by atoms with E-state index in [1.54, 1.807) is 19.2 Å². The lowest BCUT2D eigenvalue weighted by Gasteiger charge is -2.21. The van der Waals surface area contributed by atoms with Crippen molar-refractivity contribution in [3.05, 3.63) is 29.8 Å². The number of ketones is 1. The van der Waals surface area contributed by atoms with Crippen molar-refractivity contribution in [1.29, 1.82) is 0 Å². The SMILES string of the molecule is COCCN(CCOC)S(=O)(=O)CCCC(=O)Cc1ccc(OC)cc1.